The van der Waals surface area contributed by atoms with Crippen molar-refractivity contribution in [1.29, 1.82) is 0 Å². The van der Waals surface area contributed by atoms with E-state index in [4.69, 9.17) is 4.84 Å². The summed E-state index contributed by atoms with van der Waals surface area (Å²) in [6.45, 7) is 7.37. The van der Waals surface area contributed by atoms with Crippen molar-refractivity contribution in [3.8, 4) is 0 Å². The first kappa shape index (κ1) is 8.60. The van der Waals surface area contributed by atoms with Gasteiger partial charge in [-0.3, -0.25) is 0 Å². The predicted molar refractivity (Wildman–Crippen MR) is 50.7 cm³/mol. The number of hydrogen-bond donors (Lipinski definition) is 0. The molecule has 1 aromatic rings. The Morgan fingerprint density at radius 3 is 2.92 bits per heavy atom. The monoisotopic (exact) mass is 180 g/mol. The van der Waals surface area contributed by atoms with Crippen LogP contribution in [0.5, 0.6) is 0 Å². The lowest BCUT2D eigenvalue weighted by atomic mass is 9.89. The molecule has 0 N–H and O–H groups in total. The SMILES string of the molecule is CC(C)(C)c1ncn2c1CCCO2. The Hall–Kier alpha value is -0.990. The van der Waals surface area contributed by atoms with Gasteiger partial charge in [0.25, 0.3) is 0 Å². The fraction of sp³-hybridized carbons (Fsp3) is 0.700. The van der Waals surface area contributed by atoms with Crippen LogP contribution in [0.4, 0.5) is 0 Å². The third-order valence-corrected chi connectivity index (χ3v) is 2.33. The van der Waals surface area contributed by atoms with Crippen molar-refractivity contribution in [2.75, 3.05) is 6.61 Å². The Bertz CT molecular complexity index is 309. The van der Waals surface area contributed by atoms with Crippen LogP contribution in [0.2, 0.25) is 0 Å². The lowest BCUT2D eigenvalue weighted by Crippen LogP contribution is -2.24. The summed E-state index contributed by atoms with van der Waals surface area (Å²) in [6.07, 6.45) is 3.98. The van der Waals surface area contributed by atoms with Gasteiger partial charge in [-0.15, -0.1) is 0 Å². The number of aromatic nitrogens is 2. The lowest BCUT2D eigenvalue weighted by Gasteiger charge is -2.21. The predicted octanol–water partition coefficient (Wildman–Crippen LogP) is 1.56. The molecule has 0 radical (unpaired) electrons. The second-order valence-electron chi connectivity index (χ2n) is 4.55. The second-order valence-corrected chi connectivity index (χ2v) is 4.55. The van der Waals surface area contributed by atoms with Crippen molar-refractivity contribution >= 4 is 0 Å². The molecule has 0 bridgehead atoms. The van der Waals surface area contributed by atoms with Crippen molar-refractivity contribution < 1.29 is 4.84 Å². The number of nitrogens with zero attached hydrogens (tertiary/aromatic N) is 2. The van der Waals surface area contributed by atoms with E-state index in [2.05, 4.69) is 25.8 Å². The molecule has 2 heterocycles. The average molecular weight is 180 g/mol. The summed E-state index contributed by atoms with van der Waals surface area (Å²) in [6, 6.07) is 0. The minimum absolute atomic E-state index is 0.126. The molecular formula is C10H16N2O. The molecular weight excluding hydrogens is 164 g/mol. The standard InChI is InChI=1S/C10H16N2O/c1-10(2,3)9-8-5-4-6-13-12(8)7-11-9/h7H,4-6H2,1-3H3. The van der Waals surface area contributed by atoms with Gasteiger partial charge >= 0.3 is 0 Å². The molecule has 1 aliphatic heterocycles. The third kappa shape index (κ3) is 1.43. The Morgan fingerprint density at radius 2 is 2.23 bits per heavy atom. The molecule has 0 saturated carbocycles. The Balaban J connectivity index is 2.43. The topological polar surface area (TPSA) is 27.1 Å². The molecule has 3 nitrogen and oxygen atoms in total. The molecule has 1 aliphatic rings. The van der Waals surface area contributed by atoms with E-state index in [1.54, 1.807) is 6.33 Å². The van der Waals surface area contributed by atoms with Gasteiger partial charge in [-0.1, -0.05) is 20.8 Å². The van der Waals surface area contributed by atoms with Crippen molar-refractivity contribution in [3.63, 3.8) is 0 Å². The van der Waals surface area contributed by atoms with Crippen LogP contribution in [0, 0.1) is 0 Å². The molecule has 0 fully saturated rings. The summed E-state index contributed by atoms with van der Waals surface area (Å²) in [5.41, 5.74) is 2.55. The highest BCUT2D eigenvalue weighted by Gasteiger charge is 2.24. The molecule has 2 rings (SSSR count). The van der Waals surface area contributed by atoms with Gasteiger partial charge in [0.15, 0.2) is 0 Å². The molecule has 0 atom stereocenters. The maximum absolute atomic E-state index is 5.45. The van der Waals surface area contributed by atoms with Crippen LogP contribution in [-0.4, -0.2) is 16.3 Å². The smallest absolute Gasteiger partial charge is 0.132 e. The van der Waals surface area contributed by atoms with Gasteiger partial charge in [-0.05, 0) is 12.8 Å². The molecule has 0 amide bonds. The van der Waals surface area contributed by atoms with Gasteiger partial charge in [0.1, 0.15) is 12.9 Å². The zero-order valence-electron chi connectivity index (χ0n) is 8.50. The van der Waals surface area contributed by atoms with E-state index < -0.39 is 0 Å². The first-order valence-corrected chi connectivity index (χ1v) is 4.79. The van der Waals surface area contributed by atoms with Crippen LogP contribution >= 0.6 is 0 Å². The van der Waals surface area contributed by atoms with Gasteiger partial charge in [0.05, 0.1) is 11.4 Å². The molecule has 3 heteroatoms. The molecule has 0 unspecified atom stereocenters. The van der Waals surface area contributed by atoms with Crippen LogP contribution in [0.1, 0.15) is 38.6 Å². The maximum Gasteiger partial charge on any atom is 0.132 e. The number of fused-ring (bicyclic) bond motifs is 1. The molecule has 0 aliphatic carbocycles. The van der Waals surface area contributed by atoms with E-state index in [-0.39, 0.29) is 5.41 Å². The van der Waals surface area contributed by atoms with E-state index in [1.807, 2.05) is 4.73 Å². The van der Waals surface area contributed by atoms with E-state index in [0.29, 0.717) is 0 Å². The Morgan fingerprint density at radius 1 is 1.46 bits per heavy atom. The van der Waals surface area contributed by atoms with E-state index in [9.17, 15) is 0 Å². The molecule has 1 aromatic heterocycles. The maximum atomic E-state index is 5.45. The van der Waals surface area contributed by atoms with E-state index in [1.165, 1.54) is 11.4 Å². The number of imidazole rings is 1. The quantitative estimate of drug-likeness (QED) is 0.605. The van der Waals surface area contributed by atoms with Crippen molar-refractivity contribution in [2.24, 2.45) is 0 Å². The summed E-state index contributed by atoms with van der Waals surface area (Å²) < 4.78 is 1.82. The van der Waals surface area contributed by atoms with E-state index in [0.717, 1.165) is 19.4 Å². The Labute approximate surface area is 78.7 Å². The van der Waals surface area contributed by atoms with Crippen LogP contribution in [0.3, 0.4) is 0 Å². The van der Waals surface area contributed by atoms with Crippen LogP contribution in [0.25, 0.3) is 0 Å². The third-order valence-electron chi connectivity index (χ3n) is 2.33. The first-order valence-electron chi connectivity index (χ1n) is 4.79. The van der Waals surface area contributed by atoms with Crippen molar-refractivity contribution in [3.05, 3.63) is 17.7 Å². The highest BCUT2D eigenvalue weighted by Crippen LogP contribution is 2.25. The Kier molecular flexibility index (Phi) is 1.82. The summed E-state index contributed by atoms with van der Waals surface area (Å²) in [7, 11) is 0. The largest absolute Gasteiger partial charge is 0.413 e. The van der Waals surface area contributed by atoms with Gasteiger partial charge < -0.3 is 4.84 Å². The number of rotatable bonds is 0. The van der Waals surface area contributed by atoms with Crippen molar-refractivity contribution in [2.45, 2.75) is 39.0 Å². The van der Waals surface area contributed by atoms with Crippen molar-refractivity contribution in [1.82, 2.24) is 9.71 Å². The van der Waals surface area contributed by atoms with Crippen LogP contribution in [0.15, 0.2) is 6.33 Å². The molecule has 0 saturated heterocycles. The molecule has 0 spiro atoms. The fourth-order valence-electron chi connectivity index (χ4n) is 1.73. The van der Waals surface area contributed by atoms with Gasteiger partial charge in [0.2, 0.25) is 0 Å². The molecule has 13 heavy (non-hydrogen) atoms. The lowest BCUT2D eigenvalue weighted by molar-refractivity contribution is 0.0810. The van der Waals surface area contributed by atoms with Crippen LogP contribution < -0.4 is 4.84 Å². The van der Waals surface area contributed by atoms with Crippen LogP contribution in [-0.2, 0) is 11.8 Å². The summed E-state index contributed by atoms with van der Waals surface area (Å²) in [5.74, 6) is 0. The normalized spacial score (nSPS) is 16.5. The highest BCUT2D eigenvalue weighted by molar-refractivity contribution is 5.21. The zero-order chi connectivity index (χ0) is 9.47. The van der Waals surface area contributed by atoms with Gasteiger partial charge in [-0.25, -0.2) is 4.98 Å². The molecule has 0 aromatic carbocycles. The summed E-state index contributed by atoms with van der Waals surface area (Å²) in [5, 5.41) is 0. The fourth-order valence-corrected chi connectivity index (χ4v) is 1.73. The van der Waals surface area contributed by atoms with Gasteiger partial charge in [0, 0.05) is 5.41 Å². The van der Waals surface area contributed by atoms with E-state index >= 15 is 0 Å². The average Bonchev–Trinajstić information content (AvgIpc) is 2.45. The van der Waals surface area contributed by atoms with Gasteiger partial charge in [-0.2, -0.15) is 4.73 Å². The molecule has 72 valence electrons. The minimum atomic E-state index is 0.126. The minimum Gasteiger partial charge on any atom is -0.413 e. The summed E-state index contributed by atoms with van der Waals surface area (Å²) in [4.78, 5) is 9.86. The zero-order valence-corrected chi connectivity index (χ0v) is 8.50. The number of hydrogen-bond acceptors (Lipinski definition) is 2. The highest BCUT2D eigenvalue weighted by atomic mass is 16.7. The second kappa shape index (κ2) is 2.76. The first-order chi connectivity index (χ1) is 6.09. The summed E-state index contributed by atoms with van der Waals surface area (Å²) >= 11 is 0.